The number of amides is 1. The number of carbonyl (C=O) groups is 2. The van der Waals surface area contributed by atoms with Gasteiger partial charge in [-0.05, 0) is 31.9 Å². The van der Waals surface area contributed by atoms with Crippen molar-refractivity contribution in [1.29, 1.82) is 0 Å². The van der Waals surface area contributed by atoms with Crippen LogP contribution >= 0.6 is 0 Å². The maximum atomic E-state index is 11.8. The molecule has 1 aliphatic heterocycles. The molecule has 0 spiro atoms. The highest BCUT2D eigenvalue weighted by atomic mass is 16.3. The fourth-order valence-corrected chi connectivity index (χ4v) is 2.20. The smallest absolute Gasteiger partial charge is 0.261 e. The molecule has 0 aromatic heterocycles. The van der Waals surface area contributed by atoms with Crippen LogP contribution in [-0.2, 0) is 15.2 Å². The van der Waals surface area contributed by atoms with Crippen LogP contribution in [0.5, 0.6) is 0 Å². The van der Waals surface area contributed by atoms with Gasteiger partial charge >= 0.3 is 0 Å². The van der Waals surface area contributed by atoms with E-state index in [0.29, 0.717) is 11.3 Å². The monoisotopic (exact) mass is 233 g/mol. The number of aryl methyl sites for hydroxylation is 1. The molecule has 17 heavy (non-hydrogen) atoms. The average molecular weight is 233 g/mol. The Bertz CT molecular complexity index is 522. The lowest BCUT2D eigenvalue weighted by Crippen LogP contribution is -2.35. The lowest BCUT2D eigenvalue weighted by molar-refractivity contribution is -0.139. The summed E-state index contributed by atoms with van der Waals surface area (Å²) in [6.45, 7) is 5.18. The highest BCUT2D eigenvalue weighted by molar-refractivity contribution is 6.07. The van der Waals surface area contributed by atoms with Crippen molar-refractivity contribution in [2.24, 2.45) is 0 Å². The summed E-state index contributed by atoms with van der Waals surface area (Å²) < 4.78 is 0. The standard InChI is InChI=1S/C13H15NO3/c1-7-4-5-10-11(9(7)3)14-12(16)13(10,17)6-8(2)15/h4-5,17H,6H2,1-3H3,(H,14,16). The Morgan fingerprint density at radius 3 is 2.65 bits per heavy atom. The topological polar surface area (TPSA) is 66.4 Å². The number of carbonyl (C=O) groups excluding carboxylic acids is 2. The van der Waals surface area contributed by atoms with Crippen LogP contribution in [0.15, 0.2) is 12.1 Å². The van der Waals surface area contributed by atoms with E-state index in [9.17, 15) is 14.7 Å². The first-order chi connectivity index (χ1) is 7.86. The molecule has 0 radical (unpaired) electrons. The van der Waals surface area contributed by atoms with Gasteiger partial charge in [0.05, 0.1) is 5.69 Å². The minimum absolute atomic E-state index is 0.186. The second-order valence-electron chi connectivity index (χ2n) is 4.62. The van der Waals surface area contributed by atoms with Gasteiger partial charge < -0.3 is 10.4 Å². The fraction of sp³-hybridized carbons (Fsp3) is 0.385. The van der Waals surface area contributed by atoms with Gasteiger partial charge in [-0.2, -0.15) is 0 Å². The molecular formula is C13H15NO3. The van der Waals surface area contributed by atoms with Crippen LogP contribution in [0.25, 0.3) is 0 Å². The van der Waals surface area contributed by atoms with Gasteiger partial charge in [-0.15, -0.1) is 0 Å². The van der Waals surface area contributed by atoms with Crippen molar-refractivity contribution < 1.29 is 14.7 Å². The summed E-state index contributed by atoms with van der Waals surface area (Å²) in [5.74, 6) is -0.731. The van der Waals surface area contributed by atoms with Crippen LogP contribution in [0.1, 0.15) is 30.0 Å². The first-order valence-electron chi connectivity index (χ1n) is 5.50. The molecule has 1 aromatic rings. The van der Waals surface area contributed by atoms with Crippen LogP contribution in [0.4, 0.5) is 5.69 Å². The summed E-state index contributed by atoms with van der Waals surface area (Å²) in [6, 6.07) is 3.55. The predicted molar refractivity (Wildman–Crippen MR) is 63.7 cm³/mol. The third-order valence-electron chi connectivity index (χ3n) is 3.30. The molecule has 4 heteroatoms. The summed E-state index contributed by atoms with van der Waals surface area (Å²) in [6.07, 6.45) is -0.186. The zero-order chi connectivity index (χ0) is 12.8. The van der Waals surface area contributed by atoms with Crippen molar-refractivity contribution in [3.63, 3.8) is 0 Å². The van der Waals surface area contributed by atoms with Crippen molar-refractivity contribution in [1.82, 2.24) is 0 Å². The number of hydrogen-bond acceptors (Lipinski definition) is 3. The molecule has 1 unspecified atom stereocenters. The second-order valence-corrected chi connectivity index (χ2v) is 4.62. The summed E-state index contributed by atoms with van der Waals surface area (Å²) in [5, 5.41) is 13.0. The average Bonchev–Trinajstić information content (AvgIpc) is 2.46. The van der Waals surface area contributed by atoms with E-state index >= 15 is 0 Å². The lowest BCUT2D eigenvalue weighted by atomic mass is 9.88. The molecule has 0 saturated heterocycles. The van der Waals surface area contributed by atoms with E-state index in [-0.39, 0.29) is 12.2 Å². The number of hydrogen-bond donors (Lipinski definition) is 2. The molecule has 0 saturated carbocycles. The SMILES string of the molecule is CC(=O)CC1(O)C(=O)Nc2c1ccc(C)c2C. The molecular weight excluding hydrogens is 218 g/mol. The van der Waals surface area contributed by atoms with Crippen LogP contribution in [0.3, 0.4) is 0 Å². The summed E-state index contributed by atoms with van der Waals surface area (Å²) in [4.78, 5) is 23.0. The van der Waals surface area contributed by atoms with Crippen LogP contribution < -0.4 is 5.32 Å². The molecule has 90 valence electrons. The predicted octanol–water partition coefficient (Wildman–Crippen LogP) is 1.42. The van der Waals surface area contributed by atoms with Gasteiger partial charge in [0.25, 0.3) is 5.91 Å². The Balaban J connectivity index is 2.59. The second kappa shape index (κ2) is 3.67. The quantitative estimate of drug-likeness (QED) is 0.812. The van der Waals surface area contributed by atoms with Crippen LogP contribution in [0.2, 0.25) is 0 Å². The zero-order valence-electron chi connectivity index (χ0n) is 10.1. The van der Waals surface area contributed by atoms with E-state index in [1.807, 2.05) is 19.9 Å². The number of rotatable bonds is 2. The van der Waals surface area contributed by atoms with Crippen molar-refractivity contribution in [2.45, 2.75) is 32.8 Å². The number of anilines is 1. The normalized spacial score (nSPS) is 22.2. The van der Waals surface area contributed by atoms with Crippen LogP contribution in [0, 0.1) is 13.8 Å². The Morgan fingerprint density at radius 2 is 2.06 bits per heavy atom. The molecule has 2 rings (SSSR count). The maximum Gasteiger partial charge on any atom is 0.261 e. The minimum atomic E-state index is -1.71. The number of benzene rings is 1. The first kappa shape index (κ1) is 11.8. The molecule has 1 atom stereocenters. The molecule has 4 nitrogen and oxygen atoms in total. The zero-order valence-corrected chi connectivity index (χ0v) is 10.1. The summed E-state index contributed by atoms with van der Waals surface area (Å²) in [7, 11) is 0. The molecule has 0 aliphatic carbocycles. The molecule has 1 aliphatic rings. The van der Waals surface area contributed by atoms with Gasteiger partial charge in [0.15, 0.2) is 5.60 Å². The third kappa shape index (κ3) is 1.65. The van der Waals surface area contributed by atoms with Crippen molar-refractivity contribution in [2.75, 3.05) is 5.32 Å². The first-order valence-corrected chi connectivity index (χ1v) is 5.50. The maximum absolute atomic E-state index is 11.8. The Hall–Kier alpha value is -1.68. The van der Waals surface area contributed by atoms with E-state index in [1.165, 1.54) is 6.92 Å². The lowest BCUT2D eigenvalue weighted by Gasteiger charge is -2.19. The minimum Gasteiger partial charge on any atom is -0.375 e. The van der Waals surface area contributed by atoms with E-state index in [4.69, 9.17) is 0 Å². The summed E-state index contributed by atoms with van der Waals surface area (Å²) >= 11 is 0. The van der Waals surface area contributed by atoms with Gasteiger partial charge in [-0.1, -0.05) is 12.1 Å². The number of ketones is 1. The van der Waals surface area contributed by atoms with Gasteiger partial charge in [0.2, 0.25) is 0 Å². The Morgan fingerprint density at radius 1 is 1.41 bits per heavy atom. The van der Waals surface area contributed by atoms with E-state index in [2.05, 4.69) is 5.32 Å². The number of fused-ring (bicyclic) bond motifs is 1. The number of Topliss-reactive ketones (excluding diaryl/α,β-unsaturated/α-hetero) is 1. The largest absolute Gasteiger partial charge is 0.375 e. The highest BCUT2D eigenvalue weighted by Gasteiger charge is 2.46. The van der Waals surface area contributed by atoms with Gasteiger partial charge in [0, 0.05) is 12.0 Å². The Kier molecular flexibility index (Phi) is 2.54. The number of nitrogens with one attached hydrogen (secondary N) is 1. The van der Waals surface area contributed by atoms with Gasteiger partial charge in [0.1, 0.15) is 5.78 Å². The molecule has 2 N–H and O–H groups in total. The molecule has 1 aromatic carbocycles. The van der Waals surface area contributed by atoms with Gasteiger partial charge in [-0.25, -0.2) is 0 Å². The fourth-order valence-electron chi connectivity index (χ4n) is 2.20. The van der Waals surface area contributed by atoms with E-state index in [1.54, 1.807) is 6.07 Å². The molecule has 1 heterocycles. The van der Waals surface area contributed by atoms with Crippen LogP contribution in [-0.4, -0.2) is 16.8 Å². The third-order valence-corrected chi connectivity index (χ3v) is 3.30. The van der Waals surface area contributed by atoms with Crippen molar-refractivity contribution in [3.05, 3.63) is 28.8 Å². The van der Waals surface area contributed by atoms with Crippen molar-refractivity contribution >= 4 is 17.4 Å². The van der Waals surface area contributed by atoms with Gasteiger partial charge in [-0.3, -0.25) is 9.59 Å². The summed E-state index contributed by atoms with van der Waals surface area (Å²) in [5.41, 5.74) is 1.39. The highest BCUT2D eigenvalue weighted by Crippen LogP contribution is 2.41. The Labute approximate surface area is 99.6 Å². The van der Waals surface area contributed by atoms with E-state index < -0.39 is 11.5 Å². The number of aliphatic hydroxyl groups is 1. The molecule has 0 bridgehead atoms. The molecule has 0 fully saturated rings. The van der Waals surface area contributed by atoms with Crippen molar-refractivity contribution in [3.8, 4) is 0 Å². The van der Waals surface area contributed by atoms with E-state index in [0.717, 1.165) is 11.1 Å². The molecule has 1 amide bonds.